The number of carbonyl (C=O) groups excluding carboxylic acids is 1. The van der Waals surface area contributed by atoms with Gasteiger partial charge in [0.05, 0.1) is 33.3 Å². The normalized spacial score (nSPS) is 10.4. The fourth-order valence-electron chi connectivity index (χ4n) is 1.97. The Bertz CT molecular complexity index is 574. The minimum Gasteiger partial charge on any atom is -0.496 e. The molecule has 5 heteroatoms. The topological polar surface area (TPSA) is 60.6 Å². The molecule has 0 amide bonds. The summed E-state index contributed by atoms with van der Waals surface area (Å²) < 4.78 is 15.3. The molecule has 18 heavy (non-hydrogen) atoms. The summed E-state index contributed by atoms with van der Waals surface area (Å²) in [6.45, 7) is 0. The highest BCUT2D eigenvalue weighted by molar-refractivity contribution is 5.95. The molecule has 0 saturated carbocycles. The molecular formula is C13H15NO4. The van der Waals surface area contributed by atoms with Crippen LogP contribution >= 0.6 is 0 Å². The van der Waals surface area contributed by atoms with Crippen molar-refractivity contribution in [2.24, 2.45) is 0 Å². The molecule has 0 saturated heterocycles. The van der Waals surface area contributed by atoms with Crippen molar-refractivity contribution < 1.29 is 19.0 Å². The molecule has 0 aliphatic carbocycles. The summed E-state index contributed by atoms with van der Waals surface area (Å²) in [4.78, 5) is 14.5. The summed E-state index contributed by atoms with van der Waals surface area (Å²) in [5.41, 5.74) is 1.64. The SMILES string of the molecule is COC(=O)Cc1c[nH]c2c(OC)ccc(OC)c12. The Kier molecular flexibility index (Phi) is 3.41. The fraction of sp³-hybridized carbons (Fsp3) is 0.308. The second kappa shape index (κ2) is 5.00. The van der Waals surface area contributed by atoms with Gasteiger partial charge in [0.1, 0.15) is 11.5 Å². The molecule has 0 radical (unpaired) electrons. The predicted octanol–water partition coefficient (Wildman–Crippen LogP) is 1.90. The number of methoxy groups -OCH3 is 3. The molecule has 0 fully saturated rings. The molecule has 5 nitrogen and oxygen atoms in total. The largest absolute Gasteiger partial charge is 0.496 e. The van der Waals surface area contributed by atoms with Crippen LogP contribution in [0.4, 0.5) is 0 Å². The highest BCUT2D eigenvalue weighted by Crippen LogP contribution is 2.35. The van der Waals surface area contributed by atoms with Crippen molar-refractivity contribution in [1.29, 1.82) is 0 Å². The van der Waals surface area contributed by atoms with Crippen molar-refractivity contribution >= 4 is 16.9 Å². The minimum absolute atomic E-state index is 0.194. The van der Waals surface area contributed by atoms with Gasteiger partial charge in [0.25, 0.3) is 0 Å². The van der Waals surface area contributed by atoms with E-state index in [0.29, 0.717) is 11.5 Å². The molecule has 1 heterocycles. The molecule has 1 aromatic heterocycles. The lowest BCUT2D eigenvalue weighted by molar-refractivity contribution is -0.139. The predicted molar refractivity (Wildman–Crippen MR) is 67.1 cm³/mol. The molecule has 0 atom stereocenters. The lowest BCUT2D eigenvalue weighted by atomic mass is 10.1. The highest BCUT2D eigenvalue weighted by atomic mass is 16.5. The maximum Gasteiger partial charge on any atom is 0.310 e. The van der Waals surface area contributed by atoms with Gasteiger partial charge in [0.2, 0.25) is 0 Å². The van der Waals surface area contributed by atoms with Crippen molar-refractivity contribution in [3.63, 3.8) is 0 Å². The lowest BCUT2D eigenvalue weighted by Crippen LogP contribution is -2.04. The van der Waals surface area contributed by atoms with Crippen LogP contribution < -0.4 is 9.47 Å². The van der Waals surface area contributed by atoms with Crippen LogP contribution in [0.5, 0.6) is 11.5 Å². The van der Waals surface area contributed by atoms with Crippen LogP contribution in [0.3, 0.4) is 0 Å². The van der Waals surface area contributed by atoms with Gasteiger partial charge in [-0.3, -0.25) is 4.79 Å². The number of nitrogens with one attached hydrogen (secondary N) is 1. The van der Waals surface area contributed by atoms with Gasteiger partial charge in [0.15, 0.2) is 0 Å². The van der Waals surface area contributed by atoms with E-state index in [1.54, 1.807) is 20.4 Å². The van der Waals surface area contributed by atoms with E-state index in [9.17, 15) is 4.79 Å². The van der Waals surface area contributed by atoms with Crippen molar-refractivity contribution in [3.8, 4) is 11.5 Å². The average Bonchev–Trinajstić information content (AvgIpc) is 2.81. The fourth-order valence-corrected chi connectivity index (χ4v) is 1.97. The van der Waals surface area contributed by atoms with Gasteiger partial charge in [0, 0.05) is 11.6 Å². The zero-order chi connectivity index (χ0) is 13.1. The third kappa shape index (κ3) is 1.99. The van der Waals surface area contributed by atoms with Crippen LogP contribution in [0.1, 0.15) is 5.56 Å². The maximum absolute atomic E-state index is 11.4. The maximum atomic E-state index is 11.4. The molecule has 2 aromatic rings. The Morgan fingerprint density at radius 3 is 2.44 bits per heavy atom. The van der Waals surface area contributed by atoms with E-state index in [0.717, 1.165) is 16.5 Å². The first-order valence-electron chi connectivity index (χ1n) is 5.49. The minimum atomic E-state index is -0.291. The van der Waals surface area contributed by atoms with Crippen LogP contribution in [0, 0.1) is 0 Å². The quantitative estimate of drug-likeness (QED) is 0.841. The number of fused-ring (bicyclic) bond motifs is 1. The van der Waals surface area contributed by atoms with Gasteiger partial charge >= 0.3 is 5.97 Å². The molecule has 1 N–H and O–H groups in total. The van der Waals surface area contributed by atoms with Crippen LogP contribution in [-0.4, -0.2) is 32.3 Å². The smallest absolute Gasteiger partial charge is 0.310 e. The summed E-state index contributed by atoms with van der Waals surface area (Å²) in [7, 11) is 4.56. The number of ether oxygens (including phenoxy) is 3. The summed E-state index contributed by atoms with van der Waals surface area (Å²) in [5, 5.41) is 0.849. The zero-order valence-electron chi connectivity index (χ0n) is 10.6. The first-order valence-corrected chi connectivity index (χ1v) is 5.49. The van der Waals surface area contributed by atoms with Gasteiger partial charge < -0.3 is 19.2 Å². The Hall–Kier alpha value is -2.17. The van der Waals surface area contributed by atoms with E-state index in [-0.39, 0.29) is 12.4 Å². The van der Waals surface area contributed by atoms with Crippen LogP contribution in [0.2, 0.25) is 0 Å². The number of rotatable bonds is 4. The van der Waals surface area contributed by atoms with E-state index < -0.39 is 0 Å². The number of benzene rings is 1. The Labute approximate surface area is 105 Å². The van der Waals surface area contributed by atoms with Crippen molar-refractivity contribution in [1.82, 2.24) is 4.98 Å². The van der Waals surface area contributed by atoms with Gasteiger partial charge in [-0.2, -0.15) is 0 Å². The second-order valence-electron chi connectivity index (χ2n) is 3.79. The van der Waals surface area contributed by atoms with E-state index in [4.69, 9.17) is 9.47 Å². The Morgan fingerprint density at radius 2 is 1.83 bits per heavy atom. The van der Waals surface area contributed by atoms with Gasteiger partial charge in [-0.25, -0.2) is 0 Å². The Balaban J connectivity index is 2.58. The number of hydrogen-bond donors (Lipinski definition) is 1. The first kappa shape index (κ1) is 12.3. The number of aromatic amines is 1. The first-order chi connectivity index (χ1) is 8.71. The summed E-state index contributed by atoms with van der Waals surface area (Å²) in [5.74, 6) is 1.12. The van der Waals surface area contributed by atoms with Gasteiger partial charge in [-0.1, -0.05) is 0 Å². The second-order valence-corrected chi connectivity index (χ2v) is 3.79. The van der Waals surface area contributed by atoms with Crippen LogP contribution in [-0.2, 0) is 16.0 Å². The molecule has 0 aliphatic heterocycles. The third-order valence-electron chi connectivity index (χ3n) is 2.84. The van der Waals surface area contributed by atoms with Crippen molar-refractivity contribution in [3.05, 3.63) is 23.9 Å². The number of aromatic nitrogens is 1. The molecule has 0 spiro atoms. The Morgan fingerprint density at radius 1 is 1.17 bits per heavy atom. The van der Waals surface area contributed by atoms with Crippen LogP contribution in [0.15, 0.2) is 18.3 Å². The molecule has 0 bridgehead atoms. The molecule has 2 rings (SSSR count). The van der Waals surface area contributed by atoms with E-state index >= 15 is 0 Å². The van der Waals surface area contributed by atoms with Crippen LogP contribution in [0.25, 0.3) is 10.9 Å². The standard InChI is InChI=1S/C13H15NO4/c1-16-9-4-5-10(17-2)13-12(9)8(7-14-13)6-11(15)18-3/h4-5,7,14H,6H2,1-3H3. The molecule has 96 valence electrons. The monoisotopic (exact) mass is 249 g/mol. The summed E-state index contributed by atoms with van der Waals surface area (Å²) in [6, 6.07) is 3.63. The number of carbonyl (C=O) groups is 1. The van der Waals surface area contributed by atoms with Crippen molar-refractivity contribution in [2.45, 2.75) is 6.42 Å². The van der Waals surface area contributed by atoms with E-state index in [1.807, 2.05) is 12.1 Å². The third-order valence-corrected chi connectivity index (χ3v) is 2.84. The van der Waals surface area contributed by atoms with E-state index in [2.05, 4.69) is 9.72 Å². The number of esters is 1. The number of H-pyrrole nitrogens is 1. The molecular weight excluding hydrogens is 234 g/mol. The van der Waals surface area contributed by atoms with Gasteiger partial charge in [-0.05, 0) is 17.7 Å². The zero-order valence-corrected chi connectivity index (χ0v) is 10.6. The molecule has 0 aliphatic rings. The average molecular weight is 249 g/mol. The van der Waals surface area contributed by atoms with Gasteiger partial charge in [-0.15, -0.1) is 0 Å². The number of hydrogen-bond acceptors (Lipinski definition) is 4. The summed E-state index contributed by atoms with van der Waals surface area (Å²) >= 11 is 0. The highest BCUT2D eigenvalue weighted by Gasteiger charge is 2.15. The molecule has 1 aromatic carbocycles. The summed E-state index contributed by atoms with van der Waals surface area (Å²) in [6.07, 6.45) is 1.96. The lowest BCUT2D eigenvalue weighted by Gasteiger charge is -2.07. The molecule has 0 unspecified atom stereocenters. The van der Waals surface area contributed by atoms with E-state index in [1.165, 1.54) is 7.11 Å². The van der Waals surface area contributed by atoms with Crippen molar-refractivity contribution in [2.75, 3.05) is 21.3 Å².